The van der Waals surface area contributed by atoms with E-state index in [-0.39, 0.29) is 18.3 Å². The van der Waals surface area contributed by atoms with E-state index >= 15 is 0 Å². The van der Waals surface area contributed by atoms with Gasteiger partial charge in [-0.15, -0.1) is 0 Å². The van der Waals surface area contributed by atoms with Gasteiger partial charge in [0.1, 0.15) is 12.4 Å². The summed E-state index contributed by atoms with van der Waals surface area (Å²) < 4.78 is 20.3. The first-order valence-corrected chi connectivity index (χ1v) is 9.91. The van der Waals surface area contributed by atoms with E-state index in [2.05, 4.69) is 10.2 Å². The van der Waals surface area contributed by atoms with Gasteiger partial charge in [0.15, 0.2) is 5.58 Å². The number of amides is 1. The monoisotopic (exact) mass is 397 g/mol. The molecule has 0 saturated carbocycles. The fourth-order valence-corrected chi connectivity index (χ4v) is 3.84. The molecule has 0 bridgehead atoms. The number of nitrogens with one attached hydrogen (secondary N) is 1. The fraction of sp³-hybridized carbons (Fsp3) is 0.364. The Bertz CT molecular complexity index is 1050. The molecule has 0 aliphatic carbocycles. The largest absolute Gasteiger partial charge is 0.420 e. The molecular weight excluding hydrogens is 373 g/mol. The molecule has 1 amide bonds. The van der Waals surface area contributed by atoms with E-state index < -0.39 is 5.76 Å². The van der Waals surface area contributed by atoms with Gasteiger partial charge in [0.05, 0.1) is 5.52 Å². The van der Waals surface area contributed by atoms with Crippen molar-refractivity contribution in [3.05, 3.63) is 70.5 Å². The van der Waals surface area contributed by atoms with Gasteiger partial charge in [0.2, 0.25) is 5.91 Å². The molecule has 29 heavy (non-hydrogen) atoms. The molecule has 1 aliphatic rings. The molecule has 1 fully saturated rings. The second kappa shape index (κ2) is 8.61. The molecule has 0 unspecified atom stereocenters. The zero-order valence-corrected chi connectivity index (χ0v) is 16.1. The lowest BCUT2D eigenvalue weighted by Crippen LogP contribution is -2.39. The topological polar surface area (TPSA) is 67.5 Å². The van der Waals surface area contributed by atoms with Crippen molar-refractivity contribution >= 4 is 17.0 Å². The van der Waals surface area contributed by atoms with Crippen LogP contribution in [-0.4, -0.2) is 35.0 Å². The molecule has 0 radical (unpaired) electrons. The zero-order chi connectivity index (χ0) is 20.2. The lowest BCUT2D eigenvalue weighted by molar-refractivity contribution is -0.121. The van der Waals surface area contributed by atoms with Crippen molar-refractivity contribution in [1.29, 1.82) is 0 Å². The van der Waals surface area contributed by atoms with E-state index in [0.29, 0.717) is 30.1 Å². The Morgan fingerprint density at radius 3 is 2.62 bits per heavy atom. The third kappa shape index (κ3) is 4.56. The molecule has 0 atom stereocenters. The molecule has 1 aliphatic heterocycles. The summed E-state index contributed by atoms with van der Waals surface area (Å²) in [4.78, 5) is 26.5. The van der Waals surface area contributed by atoms with Crippen LogP contribution in [0, 0.1) is 11.7 Å². The standard InChI is InChI=1S/C22H24FN3O3/c23-18-6-2-1-5-17(18)14-25-11-9-16(10-12-25)13-24-21(27)15-26-19-7-3-4-8-20(19)29-22(26)28/h1-8,16H,9-15H2,(H,24,27). The quantitative estimate of drug-likeness (QED) is 0.695. The number of hydrogen-bond acceptors (Lipinski definition) is 4. The van der Waals surface area contributed by atoms with E-state index in [9.17, 15) is 14.0 Å². The van der Waals surface area contributed by atoms with Crippen LogP contribution in [0.15, 0.2) is 57.7 Å². The first kappa shape index (κ1) is 19.4. The Kier molecular flexibility index (Phi) is 5.76. The number of halogens is 1. The van der Waals surface area contributed by atoms with Crippen LogP contribution in [0.1, 0.15) is 18.4 Å². The fourth-order valence-electron chi connectivity index (χ4n) is 3.84. The van der Waals surface area contributed by atoms with Gasteiger partial charge in [0, 0.05) is 18.7 Å². The van der Waals surface area contributed by atoms with E-state index in [1.165, 1.54) is 10.6 Å². The highest BCUT2D eigenvalue weighted by molar-refractivity contribution is 5.79. The predicted molar refractivity (Wildman–Crippen MR) is 108 cm³/mol. The van der Waals surface area contributed by atoms with E-state index in [1.54, 1.807) is 30.3 Å². The maximum absolute atomic E-state index is 13.8. The summed E-state index contributed by atoms with van der Waals surface area (Å²) in [5, 5.41) is 2.94. The zero-order valence-electron chi connectivity index (χ0n) is 16.1. The van der Waals surface area contributed by atoms with Crippen LogP contribution in [0.5, 0.6) is 0 Å². The third-order valence-corrected chi connectivity index (χ3v) is 5.52. The number of carbonyl (C=O) groups is 1. The van der Waals surface area contributed by atoms with Crippen LogP contribution in [0.4, 0.5) is 4.39 Å². The number of benzene rings is 2. The molecule has 7 heteroatoms. The molecule has 4 rings (SSSR count). The minimum atomic E-state index is -0.525. The van der Waals surface area contributed by atoms with Gasteiger partial charge in [-0.05, 0) is 50.0 Å². The molecule has 0 spiro atoms. The number of carbonyl (C=O) groups excluding carboxylic acids is 1. The van der Waals surface area contributed by atoms with E-state index in [1.807, 2.05) is 12.1 Å². The highest BCUT2D eigenvalue weighted by Crippen LogP contribution is 2.19. The van der Waals surface area contributed by atoms with E-state index in [0.717, 1.165) is 31.5 Å². The molecule has 3 aromatic rings. The Morgan fingerprint density at radius 2 is 1.83 bits per heavy atom. The van der Waals surface area contributed by atoms with Crippen molar-refractivity contribution in [3.63, 3.8) is 0 Å². The summed E-state index contributed by atoms with van der Waals surface area (Å²) in [6.07, 6.45) is 1.90. The molecule has 152 valence electrons. The van der Waals surface area contributed by atoms with Crippen molar-refractivity contribution in [2.45, 2.75) is 25.9 Å². The minimum absolute atomic E-state index is 0.0536. The van der Waals surface area contributed by atoms with Gasteiger partial charge in [-0.3, -0.25) is 14.3 Å². The number of fused-ring (bicyclic) bond motifs is 1. The van der Waals surface area contributed by atoms with Crippen molar-refractivity contribution < 1.29 is 13.6 Å². The van der Waals surface area contributed by atoms with Gasteiger partial charge in [-0.1, -0.05) is 30.3 Å². The third-order valence-electron chi connectivity index (χ3n) is 5.52. The van der Waals surface area contributed by atoms with Crippen molar-refractivity contribution in [2.24, 2.45) is 5.92 Å². The summed E-state index contributed by atoms with van der Waals surface area (Å²) in [6.45, 7) is 2.89. The lowest BCUT2D eigenvalue weighted by atomic mass is 9.96. The van der Waals surface area contributed by atoms with Crippen molar-refractivity contribution in [2.75, 3.05) is 19.6 Å². The van der Waals surface area contributed by atoms with Crippen LogP contribution < -0.4 is 11.1 Å². The second-order valence-electron chi connectivity index (χ2n) is 7.54. The number of nitrogens with zero attached hydrogens (tertiary/aromatic N) is 2. The maximum Gasteiger partial charge on any atom is 0.420 e. The van der Waals surface area contributed by atoms with Gasteiger partial charge in [-0.25, -0.2) is 9.18 Å². The van der Waals surface area contributed by atoms with Crippen LogP contribution in [0.3, 0.4) is 0 Å². The Hall–Kier alpha value is -2.93. The molecule has 1 aromatic heterocycles. The number of piperidine rings is 1. The average Bonchev–Trinajstić information content (AvgIpc) is 3.04. The van der Waals surface area contributed by atoms with Gasteiger partial charge in [-0.2, -0.15) is 0 Å². The lowest BCUT2D eigenvalue weighted by Gasteiger charge is -2.32. The molecule has 6 nitrogen and oxygen atoms in total. The summed E-state index contributed by atoms with van der Waals surface area (Å²) in [5.74, 6) is -0.507. The maximum atomic E-state index is 13.8. The number of oxazole rings is 1. The Balaban J connectivity index is 1.25. The first-order valence-electron chi connectivity index (χ1n) is 9.91. The smallest absolute Gasteiger partial charge is 0.408 e. The van der Waals surface area contributed by atoms with Gasteiger partial charge < -0.3 is 9.73 Å². The Labute approximate surface area is 167 Å². The van der Waals surface area contributed by atoms with E-state index in [4.69, 9.17) is 4.42 Å². The van der Waals surface area contributed by atoms with Crippen LogP contribution in [0.2, 0.25) is 0 Å². The normalized spacial score (nSPS) is 15.6. The number of para-hydroxylation sites is 2. The first-order chi connectivity index (χ1) is 14.1. The van der Waals surface area contributed by atoms with Crippen LogP contribution in [0.25, 0.3) is 11.1 Å². The summed E-state index contributed by atoms with van der Waals surface area (Å²) >= 11 is 0. The number of rotatable bonds is 6. The highest BCUT2D eigenvalue weighted by Gasteiger charge is 2.21. The molecule has 2 aromatic carbocycles. The highest BCUT2D eigenvalue weighted by atomic mass is 19.1. The molecular formula is C22H24FN3O3. The van der Waals surface area contributed by atoms with Crippen molar-refractivity contribution in [1.82, 2.24) is 14.8 Å². The van der Waals surface area contributed by atoms with Crippen molar-refractivity contribution in [3.8, 4) is 0 Å². The average molecular weight is 397 g/mol. The SMILES string of the molecule is O=C(Cn1c(=O)oc2ccccc21)NCC1CCN(Cc2ccccc2F)CC1. The summed E-state index contributed by atoms with van der Waals surface area (Å²) in [7, 11) is 0. The molecule has 1 N–H and O–H groups in total. The van der Waals surface area contributed by atoms with Gasteiger partial charge in [0.25, 0.3) is 0 Å². The van der Waals surface area contributed by atoms with Crippen LogP contribution in [-0.2, 0) is 17.9 Å². The second-order valence-corrected chi connectivity index (χ2v) is 7.54. The summed E-state index contributed by atoms with van der Waals surface area (Å²) in [6, 6.07) is 13.9. The number of hydrogen-bond donors (Lipinski definition) is 1. The predicted octanol–water partition coefficient (Wildman–Crippen LogP) is 2.76. The number of aromatic nitrogens is 1. The summed E-state index contributed by atoms with van der Waals surface area (Å²) in [5.41, 5.74) is 1.82. The van der Waals surface area contributed by atoms with Gasteiger partial charge >= 0.3 is 5.76 Å². The van der Waals surface area contributed by atoms with Crippen LogP contribution >= 0.6 is 0 Å². The molecule has 1 saturated heterocycles. The number of likely N-dealkylation sites (tertiary alicyclic amines) is 1. The molecule has 2 heterocycles. The minimum Gasteiger partial charge on any atom is -0.408 e. The Morgan fingerprint density at radius 1 is 1.10 bits per heavy atom.